The summed E-state index contributed by atoms with van der Waals surface area (Å²) in [6.07, 6.45) is 3.93. The summed E-state index contributed by atoms with van der Waals surface area (Å²) in [4.78, 5) is 18.8. The molecular formula is C13H12FN3O4S. The predicted molar refractivity (Wildman–Crippen MR) is 75.4 cm³/mol. The number of sulfonamides is 1. The maximum atomic E-state index is 13.4. The Morgan fingerprint density at radius 1 is 1.32 bits per heavy atom. The Hall–Kier alpha value is -2.55. The van der Waals surface area contributed by atoms with Crippen molar-refractivity contribution >= 4 is 21.8 Å². The number of aromatic nitrogens is 2. The molecule has 0 unspecified atom stereocenters. The van der Waals surface area contributed by atoms with E-state index in [2.05, 4.69) is 14.7 Å². The van der Waals surface area contributed by atoms with Crippen LogP contribution in [-0.4, -0.2) is 38.5 Å². The first kappa shape index (κ1) is 15.8. The molecule has 9 heteroatoms. The van der Waals surface area contributed by atoms with E-state index in [1.807, 2.05) is 0 Å². The van der Waals surface area contributed by atoms with Crippen molar-refractivity contribution in [1.29, 1.82) is 0 Å². The van der Waals surface area contributed by atoms with Crippen molar-refractivity contribution in [3.8, 4) is 0 Å². The van der Waals surface area contributed by atoms with E-state index in [0.29, 0.717) is 0 Å². The third-order valence-corrected chi connectivity index (χ3v) is 4.66. The highest BCUT2D eigenvalue weighted by molar-refractivity contribution is 7.92. The molecule has 2 aromatic rings. The zero-order valence-electron chi connectivity index (χ0n) is 11.7. The number of halogens is 1. The number of hydrogen-bond acceptors (Lipinski definition) is 6. The lowest BCUT2D eigenvalue weighted by atomic mass is 10.2. The number of anilines is 1. The van der Waals surface area contributed by atoms with Gasteiger partial charge in [-0.3, -0.25) is 9.29 Å². The van der Waals surface area contributed by atoms with Gasteiger partial charge in [-0.05, 0) is 18.2 Å². The Balaban J connectivity index is 2.59. The van der Waals surface area contributed by atoms with Gasteiger partial charge in [0.1, 0.15) is 10.7 Å². The van der Waals surface area contributed by atoms with Crippen molar-refractivity contribution < 1.29 is 22.3 Å². The van der Waals surface area contributed by atoms with Gasteiger partial charge in [0.15, 0.2) is 5.82 Å². The number of esters is 1. The smallest absolute Gasteiger partial charge is 0.339 e. The molecule has 0 radical (unpaired) electrons. The van der Waals surface area contributed by atoms with Crippen LogP contribution in [0, 0.1) is 5.82 Å². The fourth-order valence-corrected chi connectivity index (χ4v) is 3.04. The summed E-state index contributed by atoms with van der Waals surface area (Å²) in [7, 11) is -1.88. The second kappa shape index (κ2) is 6.06. The van der Waals surface area contributed by atoms with Crippen molar-refractivity contribution in [3.63, 3.8) is 0 Å². The van der Waals surface area contributed by atoms with Crippen LogP contribution in [0.4, 0.5) is 10.2 Å². The molecule has 0 N–H and O–H groups in total. The largest absolute Gasteiger partial charge is 0.465 e. The molecule has 0 atom stereocenters. The summed E-state index contributed by atoms with van der Waals surface area (Å²) in [6.45, 7) is 0. The Kier molecular flexibility index (Phi) is 4.36. The molecule has 0 aliphatic rings. The highest BCUT2D eigenvalue weighted by Crippen LogP contribution is 2.24. The molecule has 1 aromatic heterocycles. The molecule has 0 bridgehead atoms. The molecule has 7 nitrogen and oxygen atoms in total. The van der Waals surface area contributed by atoms with Crippen molar-refractivity contribution in [2.75, 3.05) is 18.5 Å². The van der Waals surface area contributed by atoms with Gasteiger partial charge >= 0.3 is 5.97 Å². The zero-order chi connectivity index (χ0) is 16.3. The number of benzene rings is 1. The summed E-state index contributed by atoms with van der Waals surface area (Å²) >= 11 is 0. The lowest BCUT2D eigenvalue weighted by molar-refractivity contribution is 0.0596. The van der Waals surface area contributed by atoms with Crippen LogP contribution < -0.4 is 4.31 Å². The van der Waals surface area contributed by atoms with Crippen LogP contribution in [0.15, 0.2) is 41.7 Å². The number of carbonyl (C=O) groups is 1. The van der Waals surface area contributed by atoms with Crippen LogP contribution in [0.25, 0.3) is 0 Å². The Bertz CT molecular complexity index is 796. The fraction of sp³-hybridized carbons (Fsp3) is 0.154. The molecule has 0 aliphatic heterocycles. The normalized spacial score (nSPS) is 11.0. The SMILES string of the molecule is COC(=O)c1ccc(F)cc1S(=O)(=O)N(C)c1cnccn1. The van der Waals surface area contributed by atoms with Crippen molar-refractivity contribution in [3.05, 3.63) is 48.2 Å². The van der Waals surface area contributed by atoms with E-state index in [1.54, 1.807) is 0 Å². The van der Waals surface area contributed by atoms with Gasteiger partial charge in [-0.25, -0.2) is 22.6 Å². The second-order valence-corrected chi connectivity index (χ2v) is 6.11. The first-order valence-electron chi connectivity index (χ1n) is 6.00. The highest BCUT2D eigenvalue weighted by atomic mass is 32.2. The minimum Gasteiger partial charge on any atom is -0.465 e. The standard InChI is InChI=1S/C13H12FN3O4S/c1-17(12-8-15-5-6-16-12)22(19,20)11-7-9(14)3-4-10(11)13(18)21-2/h3-8H,1-2H3. The monoisotopic (exact) mass is 325 g/mol. The zero-order valence-corrected chi connectivity index (χ0v) is 12.5. The molecule has 2 rings (SSSR count). The summed E-state index contributed by atoms with van der Waals surface area (Å²) < 4.78 is 44.0. The maximum absolute atomic E-state index is 13.4. The lowest BCUT2D eigenvalue weighted by Gasteiger charge is -2.19. The van der Waals surface area contributed by atoms with Crippen LogP contribution in [-0.2, 0) is 14.8 Å². The summed E-state index contributed by atoms with van der Waals surface area (Å²) in [5.74, 6) is -1.65. The van der Waals surface area contributed by atoms with Crippen LogP contribution >= 0.6 is 0 Å². The van der Waals surface area contributed by atoms with Gasteiger partial charge in [0.2, 0.25) is 0 Å². The predicted octanol–water partition coefficient (Wildman–Crippen LogP) is 1.23. The number of ether oxygens (including phenoxy) is 1. The number of hydrogen-bond donors (Lipinski definition) is 0. The van der Waals surface area contributed by atoms with Crippen molar-refractivity contribution in [1.82, 2.24) is 9.97 Å². The molecule has 0 saturated carbocycles. The van der Waals surface area contributed by atoms with E-state index >= 15 is 0 Å². The molecule has 1 aromatic carbocycles. The van der Waals surface area contributed by atoms with E-state index in [0.717, 1.165) is 29.6 Å². The topological polar surface area (TPSA) is 89.5 Å². The fourth-order valence-electron chi connectivity index (χ4n) is 1.71. The minimum absolute atomic E-state index is 0.0302. The van der Waals surface area contributed by atoms with Gasteiger partial charge in [0.05, 0.1) is 18.9 Å². The Labute approximate surface area is 126 Å². The van der Waals surface area contributed by atoms with Crippen LogP contribution in [0.5, 0.6) is 0 Å². The summed E-state index contributed by atoms with van der Waals surface area (Å²) in [6, 6.07) is 2.79. The molecular weight excluding hydrogens is 313 g/mol. The number of rotatable bonds is 4. The quantitative estimate of drug-likeness (QED) is 0.785. The third kappa shape index (κ3) is 2.89. The minimum atomic E-state index is -4.21. The van der Waals surface area contributed by atoms with Crippen LogP contribution in [0.1, 0.15) is 10.4 Å². The van der Waals surface area contributed by atoms with E-state index < -0.39 is 26.7 Å². The summed E-state index contributed by atoms with van der Waals surface area (Å²) in [5.41, 5.74) is -0.264. The molecule has 0 amide bonds. The van der Waals surface area contributed by atoms with Gasteiger partial charge in [-0.2, -0.15) is 0 Å². The van der Waals surface area contributed by atoms with Gasteiger partial charge in [0, 0.05) is 19.4 Å². The van der Waals surface area contributed by atoms with Crippen molar-refractivity contribution in [2.45, 2.75) is 4.90 Å². The first-order chi connectivity index (χ1) is 10.4. The molecule has 22 heavy (non-hydrogen) atoms. The van der Waals surface area contributed by atoms with Crippen LogP contribution in [0.3, 0.4) is 0 Å². The first-order valence-corrected chi connectivity index (χ1v) is 7.44. The van der Waals surface area contributed by atoms with Gasteiger partial charge < -0.3 is 4.74 Å². The number of nitrogens with zero attached hydrogens (tertiary/aromatic N) is 3. The lowest BCUT2D eigenvalue weighted by Crippen LogP contribution is -2.29. The Morgan fingerprint density at radius 2 is 2.05 bits per heavy atom. The van der Waals surface area contributed by atoms with E-state index in [4.69, 9.17) is 0 Å². The average molecular weight is 325 g/mol. The highest BCUT2D eigenvalue weighted by Gasteiger charge is 2.28. The van der Waals surface area contributed by atoms with Crippen molar-refractivity contribution in [2.24, 2.45) is 0 Å². The average Bonchev–Trinajstić information content (AvgIpc) is 2.54. The molecule has 116 valence electrons. The Morgan fingerprint density at radius 3 is 2.64 bits per heavy atom. The van der Waals surface area contributed by atoms with E-state index in [9.17, 15) is 17.6 Å². The second-order valence-electron chi connectivity index (χ2n) is 4.17. The number of methoxy groups -OCH3 is 1. The molecule has 1 heterocycles. The third-order valence-electron chi connectivity index (χ3n) is 2.86. The molecule has 0 aliphatic carbocycles. The molecule has 0 fully saturated rings. The maximum Gasteiger partial charge on any atom is 0.339 e. The summed E-state index contributed by atoms with van der Waals surface area (Å²) in [5, 5.41) is 0. The van der Waals surface area contributed by atoms with Gasteiger partial charge in [-0.15, -0.1) is 0 Å². The molecule has 0 spiro atoms. The van der Waals surface area contributed by atoms with Gasteiger partial charge in [0.25, 0.3) is 10.0 Å². The van der Waals surface area contributed by atoms with E-state index in [-0.39, 0.29) is 11.4 Å². The number of carbonyl (C=O) groups excluding carboxylic acids is 1. The van der Waals surface area contributed by atoms with Crippen LogP contribution in [0.2, 0.25) is 0 Å². The molecule has 0 saturated heterocycles. The van der Waals surface area contributed by atoms with Gasteiger partial charge in [-0.1, -0.05) is 0 Å². The van der Waals surface area contributed by atoms with E-state index in [1.165, 1.54) is 25.6 Å².